The third-order valence-electron chi connectivity index (χ3n) is 3.09. The summed E-state index contributed by atoms with van der Waals surface area (Å²) >= 11 is 0. The van der Waals surface area contributed by atoms with Crippen LogP contribution >= 0.6 is 0 Å². The SMILES string of the molecule is Nc1cccnc1C(=O)Nc1cccc2ccccc12. The van der Waals surface area contributed by atoms with E-state index in [4.69, 9.17) is 5.73 Å². The summed E-state index contributed by atoms with van der Waals surface area (Å²) in [4.78, 5) is 16.2. The number of nitrogens with zero attached hydrogens (tertiary/aromatic N) is 1. The number of hydrogen-bond donors (Lipinski definition) is 2. The Morgan fingerprint density at radius 1 is 1.00 bits per heavy atom. The minimum Gasteiger partial charge on any atom is -0.397 e. The van der Waals surface area contributed by atoms with Crippen LogP contribution in [0.25, 0.3) is 10.8 Å². The molecule has 2 aromatic carbocycles. The Morgan fingerprint density at radius 2 is 1.80 bits per heavy atom. The summed E-state index contributed by atoms with van der Waals surface area (Å²) < 4.78 is 0. The molecule has 3 rings (SSSR count). The number of pyridine rings is 1. The molecule has 0 saturated carbocycles. The van der Waals surface area contributed by atoms with E-state index in [2.05, 4.69) is 10.3 Å². The number of aromatic nitrogens is 1. The number of hydrogen-bond acceptors (Lipinski definition) is 3. The van der Waals surface area contributed by atoms with Gasteiger partial charge in [-0.2, -0.15) is 0 Å². The molecule has 1 heterocycles. The highest BCUT2D eigenvalue weighted by atomic mass is 16.1. The van der Waals surface area contributed by atoms with Gasteiger partial charge in [-0.25, -0.2) is 4.98 Å². The number of nitrogens with one attached hydrogen (secondary N) is 1. The number of rotatable bonds is 2. The molecule has 3 aromatic rings. The number of carbonyl (C=O) groups excluding carboxylic acids is 1. The summed E-state index contributed by atoms with van der Waals surface area (Å²) in [6.45, 7) is 0. The summed E-state index contributed by atoms with van der Waals surface area (Å²) in [5.41, 5.74) is 7.12. The molecule has 0 radical (unpaired) electrons. The van der Waals surface area contributed by atoms with Crippen LogP contribution < -0.4 is 11.1 Å². The third-order valence-corrected chi connectivity index (χ3v) is 3.09. The van der Waals surface area contributed by atoms with Gasteiger partial charge in [0.05, 0.1) is 5.69 Å². The molecule has 0 aliphatic heterocycles. The zero-order chi connectivity index (χ0) is 13.9. The van der Waals surface area contributed by atoms with Gasteiger partial charge in [0.15, 0.2) is 5.69 Å². The van der Waals surface area contributed by atoms with Crippen molar-refractivity contribution in [1.29, 1.82) is 0 Å². The first-order chi connectivity index (χ1) is 9.75. The van der Waals surface area contributed by atoms with E-state index < -0.39 is 0 Å². The van der Waals surface area contributed by atoms with E-state index in [1.807, 2.05) is 42.5 Å². The highest BCUT2D eigenvalue weighted by molar-refractivity contribution is 6.10. The number of nitrogen functional groups attached to an aromatic ring is 1. The van der Waals surface area contributed by atoms with Crippen molar-refractivity contribution < 1.29 is 4.79 Å². The zero-order valence-corrected chi connectivity index (χ0v) is 10.7. The lowest BCUT2D eigenvalue weighted by Gasteiger charge is -2.09. The number of amides is 1. The van der Waals surface area contributed by atoms with Gasteiger partial charge in [0, 0.05) is 17.3 Å². The minimum absolute atomic E-state index is 0.237. The molecule has 98 valence electrons. The fraction of sp³-hybridized carbons (Fsp3) is 0. The maximum Gasteiger partial charge on any atom is 0.276 e. The molecular formula is C16H13N3O. The summed E-state index contributed by atoms with van der Waals surface area (Å²) in [6.07, 6.45) is 1.55. The predicted octanol–water partition coefficient (Wildman–Crippen LogP) is 3.07. The highest BCUT2D eigenvalue weighted by Gasteiger charge is 2.12. The van der Waals surface area contributed by atoms with Crippen molar-refractivity contribution >= 4 is 28.1 Å². The quantitative estimate of drug-likeness (QED) is 0.746. The van der Waals surface area contributed by atoms with Crippen molar-refractivity contribution in [1.82, 2.24) is 4.98 Å². The van der Waals surface area contributed by atoms with Crippen LogP contribution in [0, 0.1) is 0 Å². The van der Waals surface area contributed by atoms with Gasteiger partial charge in [-0.05, 0) is 23.6 Å². The Labute approximate surface area is 116 Å². The fourth-order valence-electron chi connectivity index (χ4n) is 2.12. The van der Waals surface area contributed by atoms with Gasteiger partial charge in [-0.1, -0.05) is 36.4 Å². The van der Waals surface area contributed by atoms with Gasteiger partial charge in [-0.15, -0.1) is 0 Å². The van der Waals surface area contributed by atoms with Crippen LogP contribution in [-0.4, -0.2) is 10.9 Å². The van der Waals surface area contributed by atoms with Gasteiger partial charge in [0.2, 0.25) is 0 Å². The molecule has 0 saturated heterocycles. The van der Waals surface area contributed by atoms with Gasteiger partial charge in [-0.3, -0.25) is 4.79 Å². The molecule has 0 fully saturated rings. The third kappa shape index (κ3) is 2.19. The fourth-order valence-corrected chi connectivity index (χ4v) is 2.12. The van der Waals surface area contributed by atoms with Gasteiger partial charge >= 0.3 is 0 Å². The number of anilines is 2. The monoisotopic (exact) mass is 263 g/mol. The second-order valence-corrected chi connectivity index (χ2v) is 4.42. The minimum atomic E-state index is -0.306. The molecule has 0 aliphatic carbocycles. The van der Waals surface area contributed by atoms with E-state index >= 15 is 0 Å². The molecule has 1 aromatic heterocycles. The van der Waals surface area contributed by atoms with Crippen LogP contribution in [0.3, 0.4) is 0 Å². The van der Waals surface area contributed by atoms with Gasteiger partial charge < -0.3 is 11.1 Å². The lowest BCUT2D eigenvalue weighted by atomic mass is 10.1. The van der Waals surface area contributed by atoms with Gasteiger partial charge in [0.1, 0.15) is 0 Å². The molecule has 4 heteroatoms. The average Bonchev–Trinajstić information content (AvgIpc) is 2.48. The van der Waals surface area contributed by atoms with Crippen molar-refractivity contribution in [2.24, 2.45) is 0 Å². The van der Waals surface area contributed by atoms with Crippen molar-refractivity contribution in [3.05, 3.63) is 66.5 Å². The van der Waals surface area contributed by atoms with E-state index in [-0.39, 0.29) is 11.6 Å². The Morgan fingerprint density at radius 3 is 2.65 bits per heavy atom. The molecule has 0 aliphatic rings. The molecule has 4 nitrogen and oxygen atoms in total. The summed E-state index contributed by atoms with van der Waals surface area (Å²) in [5.74, 6) is -0.306. The summed E-state index contributed by atoms with van der Waals surface area (Å²) in [6, 6.07) is 17.0. The number of benzene rings is 2. The Bertz CT molecular complexity index is 778. The number of carbonyl (C=O) groups is 1. The molecule has 0 unspecified atom stereocenters. The number of nitrogens with two attached hydrogens (primary N) is 1. The van der Waals surface area contributed by atoms with E-state index in [9.17, 15) is 4.79 Å². The largest absolute Gasteiger partial charge is 0.397 e. The molecular weight excluding hydrogens is 250 g/mol. The van der Waals surface area contributed by atoms with Crippen LogP contribution in [0.5, 0.6) is 0 Å². The highest BCUT2D eigenvalue weighted by Crippen LogP contribution is 2.23. The van der Waals surface area contributed by atoms with E-state index in [0.717, 1.165) is 16.5 Å². The molecule has 20 heavy (non-hydrogen) atoms. The second-order valence-electron chi connectivity index (χ2n) is 4.42. The van der Waals surface area contributed by atoms with Crippen LogP contribution in [0.1, 0.15) is 10.5 Å². The van der Waals surface area contributed by atoms with E-state index in [1.165, 1.54) is 0 Å². The standard InChI is InChI=1S/C16H13N3O/c17-13-8-4-10-18-15(13)16(20)19-14-9-3-6-11-5-1-2-7-12(11)14/h1-10H,17H2,(H,19,20). The predicted molar refractivity (Wildman–Crippen MR) is 80.6 cm³/mol. The molecule has 0 bridgehead atoms. The summed E-state index contributed by atoms with van der Waals surface area (Å²) in [7, 11) is 0. The first kappa shape index (κ1) is 12.2. The Hall–Kier alpha value is -2.88. The molecule has 0 spiro atoms. The first-order valence-electron chi connectivity index (χ1n) is 6.25. The second kappa shape index (κ2) is 5.01. The topological polar surface area (TPSA) is 68.0 Å². The number of fused-ring (bicyclic) bond motifs is 1. The van der Waals surface area contributed by atoms with Crippen molar-refractivity contribution in [3.63, 3.8) is 0 Å². The van der Waals surface area contributed by atoms with Crippen LogP contribution in [0.4, 0.5) is 11.4 Å². The first-order valence-corrected chi connectivity index (χ1v) is 6.25. The van der Waals surface area contributed by atoms with Crippen LogP contribution in [0.2, 0.25) is 0 Å². The summed E-state index contributed by atoms with van der Waals surface area (Å²) in [5, 5.41) is 4.91. The normalized spacial score (nSPS) is 10.4. The average molecular weight is 263 g/mol. The lowest BCUT2D eigenvalue weighted by molar-refractivity contribution is 0.102. The van der Waals surface area contributed by atoms with Crippen molar-refractivity contribution in [2.75, 3.05) is 11.1 Å². The van der Waals surface area contributed by atoms with Crippen LogP contribution in [-0.2, 0) is 0 Å². The smallest absolute Gasteiger partial charge is 0.276 e. The molecule has 1 amide bonds. The van der Waals surface area contributed by atoms with Crippen LogP contribution in [0.15, 0.2) is 60.8 Å². The Balaban J connectivity index is 1.98. The maximum absolute atomic E-state index is 12.2. The lowest BCUT2D eigenvalue weighted by Crippen LogP contribution is -2.15. The van der Waals surface area contributed by atoms with Gasteiger partial charge in [0.25, 0.3) is 5.91 Å². The van der Waals surface area contributed by atoms with Crippen molar-refractivity contribution in [3.8, 4) is 0 Å². The maximum atomic E-state index is 12.2. The Kier molecular flexibility index (Phi) is 3.05. The zero-order valence-electron chi connectivity index (χ0n) is 10.7. The molecule has 3 N–H and O–H groups in total. The van der Waals surface area contributed by atoms with E-state index in [0.29, 0.717) is 5.69 Å². The molecule has 0 atom stereocenters. The van der Waals surface area contributed by atoms with E-state index in [1.54, 1.807) is 18.3 Å². The van der Waals surface area contributed by atoms with Crippen molar-refractivity contribution in [2.45, 2.75) is 0 Å².